The van der Waals surface area contributed by atoms with Crippen molar-refractivity contribution in [2.24, 2.45) is 11.8 Å². The molecule has 0 aliphatic carbocycles. The minimum atomic E-state index is 0.752. The molecule has 0 saturated heterocycles. The van der Waals surface area contributed by atoms with Gasteiger partial charge in [0.05, 0.1) is 0 Å². The number of allylic oxidation sites excluding steroid dienone is 5. The van der Waals surface area contributed by atoms with Crippen molar-refractivity contribution in [1.29, 1.82) is 0 Å². The second-order valence-corrected chi connectivity index (χ2v) is 4.61. The quantitative estimate of drug-likeness (QED) is 0.506. The molecule has 0 heteroatoms. The zero-order valence-electron chi connectivity index (χ0n) is 10.8. The SMILES string of the molecule is C=CC=CC=C(C)C(CC)CCC(C)C. The van der Waals surface area contributed by atoms with E-state index in [-0.39, 0.29) is 0 Å². The van der Waals surface area contributed by atoms with E-state index in [2.05, 4.69) is 46.4 Å². The molecule has 15 heavy (non-hydrogen) atoms. The number of hydrogen-bond donors (Lipinski definition) is 0. The van der Waals surface area contributed by atoms with Gasteiger partial charge in [-0.15, -0.1) is 0 Å². The molecule has 0 rings (SSSR count). The average molecular weight is 206 g/mol. The highest BCUT2D eigenvalue weighted by Crippen LogP contribution is 2.22. The molecule has 0 heterocycles. The first-order valence-corrected chi connectivity index (χ1v) is 6.07. The first kappa shape index (κ1) is 14.2. The smallest absolute Gasteiger partial charge is 0.0205 e. The summed E-state index contributed by atoms with van der Waals surface area (Å²) in [4.78, 5) is 0. The van der Waals surface area contributed by atoms with Crippen LogP contribution in [0.15, 0.2) is 36.5 Å². The van der Waals surface area contributed by atoms with E-state index >= 15 is 0 Å². The fourth-order valence-electron chi connectivity index (χ4n) is 1.71. The largest absolute Gasteiger partial charge is 0.0991 e. The Morgan fingerprint density at radius 1 is 1.20 bits per heavy atom. The summed E-state index contributed by atoms with van der Waals surface area (Å²) in [6, 6.07) is 0. The first-order valence-electron chi connectivity index (χ1n) is 6.07. The highest BCUT2D eigenvalue weighted by molar-refractivity contribution is 5.16. The summed E-state index contributed by atoms with van der Waals surface area (Å²) in [5.74, 6) is 1.57. The predicted octanol–water partition coefficient (Wildman–Crippen LogP) is 5.14. The van der Waals surface area contributed by atoms with Crippen molar-refractivity contribution in [2.45, 2.75) is 47.0 Å². The van der Waals surface area contributed by atoms with Gasteiger partial charge in [-0.3, -0.25) is 0 Å². The van der Waals surface area contributed by atoms with Gasteiger partial charge in [-0.05, 0) is 31.6 Å². The molecule has 0 N–H and O–H groups in total. The van der Waals surface area contributed by atoms with E-state index in [1.165, 1.54) is 24.8 Å². The molecular formula is C15H26. The van der Waals surface area contributed by atoms with Crippen molar-refractivity contribution in [3.8, 4) is 0 Å². The molecule has 0 saturated carbocycles. The standard InChI is InChI=1S/C15H26/c1-6-8-9-10-14(5)15(7-2)12-11-13(3)4/h6,8-10,13,15H,1,7,11-12H2,2-5H3. The Morgan fingerprint density at radius 2 is 1.87 bits per heavy atom. The van der Waals surface area contributed by atoms with Crippen molar-refractivity contribution >= 4 is 0 Å². The molecular weight excluding hydrogens is 180 g/mol. The maximum atomic E-state index is 3.67. The molecule has 0 aliphatic heterocycles. The van der Waals surface area contributed by atoms with Crippen LogP contribution in [0.1, 0.15) is 47.0 Å². The molecule has 0 amide bonds. The Kier molecular flexibility index (Phi) is 8.08. The van der Waals surface area contributed by atoms with Gasteiger partial charge in [0.25, 0.3) is 0 Å². The minimum Gasteiger partial charge on any atom is -0.0991 e. The van der Waals surface area contributed by atoms with E-state index in [0.29, 0.717) is 0 Å². The van der Waals surface area contributed by atoms with Gasteiger partial charge < -0.3 is 0 Å². The number of hydrogen-bond acceptors (Lipinski definition) is 0. The third-order valence-corrected chi connectivity index (χ3v) is 2.84. The predicted molar refractivity (Wildman–Crippen MR) is 70.9 cm³/mol. The van der Waals surface area contributed by atoms with Crippen LogP contribution in [0, 0.1) is 11.8 Å². The highest BCUT2D eigenvalue weighted by Gasteiger charge is 2.08. The lowest BCUT2D eigenvalue weighted by molar-refractivity contribution is 0.457. The highest BCUT2D eigenvalue weighted by atomic mass is 14.1. The minimum absolute atomic E-state index is 0.752. The Balaban J connectivity index is 4.19. The van der Waals surface area contributed by atoms with E-state index in [9.17, 15) is 0 Å². The van der Waals surface area contributed by atoms with E-state index in [1.807, 2.05) is 12.2 Å². The van der Waals surface area contributed by atoms with Gasteiger partial charge >= 0.3 is 0 Å². The summed E-state index contributed by atoms with van der Waals surface area (Å²) < 4.78 is 0. The third kappa shape index (κ3) is 7.18. The summed E-state index contributed by atoms with van der Waals surface area (Å²) in [5, 5.41) is 0. The molecule has 1 unspecified atom stereocenters. The van der Waals surface area contributed by atoms with Gasteiger partial charge in [0.1, 0.15) is 0 Å². The van der Waals surface area contributed by atoms with Crippen molar-refractivity contribution in [1.82, 2.24) is 0 Å². The summed E-state index contributed by atoms with van der Waals surface area (Å²) in [6.45, 7) is 12.8. The molecule has 0 aliphatic rings. The second kappa shape index (κ2) is 8.52. The zero-order chi connectivity index (χ0) is 11.7. The van der Waals surface area contributed by atoms with Gasteiger partial charge in [0, 0.05) is 0 Å². The van der Waals surface area contributed by atoms with E-state index in [1.54, 1.807) is 0 Å². The molecule has 86 valence electrons. The summed E-state index contributed by atoms with van der Waals surface area (Å²) >= 11 is 0. The lowest BCUT2D eigenvalue weighted by atomic mass is 9.90. The lowest BCUT2D eigenvalue weighted by Gasteiger charge is -2.16. The van der Waals surface area contributed by atoms with Crippen LogP contribution in [0.2, 0.25) is 0 Å². The molecule has 0 aromatic rings. The average Bonchev–Trinajstić information content (AvgIpc) is 2.18. The normalized spacial score (nSPS) is 14.9. The van der Waals surface area contributed by atoms with Crippen LogP contribution in [0.5, 0.6) is 0 Å². The van der Waals surface area contributed by atoms with Gasteiger partial charge in [0.15, 0.2) is 0 Å². The van der Waals surface area contributed by atoms with E-state index in [4.69, 9.17) is 0 Å². The van der Waals surface area contributed by atoms with Crippen LogP contribution in [0.4, 0.5) is 0 Å². The molecule has 0 radical (unpaired) electrons. The molecule has 0 fully saturated rings. The first-order chi connectivity index (χ1) is 7.11. The Hall–Kier alpha value is -0.780. The van der Waals surface area contributed by atoms with Gasteiger partial charge in [-0.2, -0.15) is 0 Å². The summed E-state index contributed by atoms with van der Waals surface area (Å²) in [7, 11) is 0. The summed E-state index contributed by atoms with van der Waals surface area (Å²) in [6.07, 6.45) is 12.0. The molecule has 0 aromatic carbocycles. The Labute approximate surface area is 95.8 Å². The maximum absolute atomic E-state index is 3.67. The topological polar surface area (TPSA) is 0 Å². The van der Waals surface area contributed by atoms with Crippen molar-refractivity contribution in [3.63, 3.8) is 0 Å². The molecule has 1 atom stereocenters. The van der Waals surface area contributed by atoms with E-state index in [0.717, 1.165) is 11.8 Å². The lowest BCUT2D eigenvalue weighted by Crippen LogP contribution is -2.02. The fraction of sp³-hybridized carbons (Fsp3) is 0.600. The van der Waals surface area contributed by atoms with Crippen LogP contribution in [0.25, 0.3) is 0 Å². The Morgan fingerprint density at radius 3 is 2.33 bits per heavy atom. The van der Waals surface area contributed by atoms with Crippen LogP contribution >= 0.6 is 0 Å². The molecule has 0 bridgehead atoms. The Bertz CT molecular complexity index is 218. The molecule has 0 spiro atoms. The van der Waals surface area contributed by atoms with Crippen molar-refractivity contribution in [2.75, 3.05) is 0 Å². The maximum Gasteiger partial charge on any atom is -0.0205 e. The van der Waals surface area contributed by atoms with Crippen LogP contribution in [-0.2, 0) is 0 Å². The molecule has 0 aromatic heterocycles. The van der Waals surface area contributed by atoms with E-state index < -0.39 is 0 Å². The van der Waals surface area contributed by atoms with Gasteiger partial charge in [-0.1, -0.05) is 63.6 Å². The van der Waals surface area contributed by atoms with Crippen LogP contribution in [0.3, 0.4) is 0 Å². The zero-order valence-corrected chi connectivity index (χ0v) is 10.8. The molecule has 0 nitrogen and oxygen atoms in total. The van der Waals surface area contributed by atoms with Gasteiger partial charge in [0.2, 0.25) is 0 Å². The van der Waals surface area contributed by atoms with Crippen LogP contribution < -0.4 is 0 Å². The van der Waals surface area contributed by atoms with Crippen molar-refractivity contribution < 1.29 is 0 Å². The van der Waals surface area contributed by atoms with Crippen molar-refractivity contribution in [3.05, 3.63) is 36.5 Å². The summed E-state index contributed by atoms with van der Waals surface area (Å²) in [5.41, 5.74) is 1.50. The number of rotatable bonds is 7. The van der Waals surface area contributed by atoms with Gasteiger partial charge in [-0.25, -0.2) is 0 Å². The van der Waals surface area contributed by atoms with Crippen LogP contribution in [-0.4, -0.2) is 0 Å². The fourth-order valence-corrected chi connectivity index (χ4v) is 1.71. The monoisotopic (exact) mass is 206 g/mol. The third-order valence-electron chi connectivity index (χ3n) is 2.84. The second-order valence-electron chi connectivity index (χ2n) is 4.61.